The monoisotopic (exact) mass is 317 g/mol. The number of carbonyl (C=O) groups excluding carboxylic acids is 1. The summed E-state index contributed by atoms with van der Waals surface area (Å²) in [6.07, 6.45) is 0. The Labute approximate surface area is 127 Å². The number of hydrogen-bond donors (Lipinski definition) is 1. The molecule has 1 fully saturated rings. The maximum atomic E-state index is 13.5. The molecule has 8 heteroatoms. The molecule has 0 aliphatic carbocycles. The average molecular weight is 318 g/mol. The number of rotatable bonds is 2. The van der Waals surface area contributed by atoms with E-state index in [-0.39, 0.29) is 35.3 Å². The van der Waals surface area contributed by atoms with Crippen LogP contribution in [-0.4, -0.2) is 41.4 Å². The van der Waals surface area contributed by atoms with Gasteiger partial charge >= 0.3 is 0 Å². The highest BCUT2D eigenvalue weighted by Gasteiger charge is 2.29. The van der Waals surface area contributed by atoms with Gasteiger partial charge in [-0.05, 0) is 26.0 Å². The molecule has 1 N–H and O–H groups in total. The quantitative estimate of drug-likeness (QED) is 0.667. The Morgan fingerprint density at radius 1 is 1.52 bits per heavy atom. The molecule has 2 rings (SSSR count). The van der Waals surface area contributed by atoms with Gasteiger partial charge in [-0.15, -0.1) is 12.4 Å². The lowest BCUT2D eigenvalue weighted by Crippen LogP contribution is -2.51. The van der Waals surface area contributed by atoms with Gasteiger partial charge < -0.3 is 10.2 Å². The van der Waals surface area contributed by atoms with E-state index >= 15 is 0 Å². The molecule has 0 bridgehead atoms. The molecule has 1 unspecified atom stereocenters. The van der Waals surface area contributed by atoms with Gasteiger partial charge in [-0.2, -0.15) is 0 Å². The normalized spacial score (nSPS) is 18.0. The fourth-order valence-electron chi connectivity index (χ4n) is 2.43. The van der Waals surface area contributed by atoms with E-state index in [2.05, 4.69) is 5.32 Å². The van der Waals surface area contributed by atoms with Crippen molar-refractivity contribution in [2.24, 2.45) is 0 Å². The number of amides is 1. The lowest BCUT2D eigenvalue weighted by molar-refractivity contribution is -0.385. The van der Waals surface area contributed by atoms with E-state index in [1.54, 1.807) is 0 Å². The predicted octanol–water partition coefficient (Wildman–Crippen LogP) is 1.90. The van der Waals surface area contributed by atoms with Gasteiger partial charge in [0.25, 0.3) is 11.6 Å². The van der Waals surface area contributed by atoms with Crippen molar-refractivity contribution in [2.75, 3.05) is 19.6 Å². The lowest BCUT2D eigenvalue weighted by Gasteiger charge is -2.31. The molecule has 21 heavy (non-hydrogen) atoms. The predicted molar refractivity (Wildman–Crippen MR) is 78.4 cm³/mol. The standard InChI is InChI=1S/C13H16FN3O3.ClH/c1-8-5-10(14)6-11(12(8)17(19)20)13(18)16-4-3-15-9(2)7-16;/h5-6,9,15H,3-4,7H2,1-2H3;1H. The third kappa shape index (κ3) is 3.68. The number of aryl methyl sites for hydroxylation is 1. The van der Waals surface area contributed by atoms with E-state index in [0.717, 1.165) is 12.1 Å². The first-order chi connectivity index (χ1) is 9.40. The fourth-order valence-corrected chi connectivity index (χ4v) is 2.43. The van der Waals surface area contributed by atoms with Crippen molar-refractivity contribution in [1.29, 1.82) is 0 Å². The van der Waals surface area contributed by atoms with E-state index in [1.807, 2.05) is 6.92 Å². The Balaban J connectivity index is 0.00000220. The van der Waals surface area contributed by atoms with Crippen LogP contribution >= 0.6 is 12.4 Å². The van der Waals surface area contributed by atoms with Crippen molar-refractivity contribution in [2.45, 2.75) is 19.9 Å². The maximum Gasteiger partial charge on any atom is 0.285 e. The Morgan fingerprint density at radius 3 is 2.76 bits per heavy atom. The summed E-state index contributed by atoms with van der Waals surface area (Å²) in [7, 11) is 0. The zero-order valence-electron chi connectivity index (χ0n) is 11.8. The summed E-state index contributed by atoms with van der Waals surface area (Å²) >= 11 is 0. The summed E-state index contributed by atoms with van der Waals surface area (Å²) in [5, 5.41) is 14.3. The summed E-state index contributed by atoms with van der Waals surface area (Å²) < 4.78 is 13.5. The minimum absolute atomic E-state index is 0. The number of nitro benzene ring substituents is 1. The Hall–Kier alpha value is -1.73. The van der Waals surface area contributed by atoms with Gasteiger partial charge in [-0.1, -0.05) is 0 Å². The molecule has 1 saturated heterocycles. The fraction of sp³-hybridized carbons (Fsp3) is 0.462. The molecule has 1 heterocycles. The molecular weight excluding hydrogens is 301 g/mol. The van der Waals surface area contributed by atoms with Crippen LogP contribution < -0.4 is 5.32 Å². The number of benzene rings is 1. The van der Waals surface area contributed by atoms with Crippen LogP contribution in [0.2, 0.25) is 0 Å². The molecule has 116 valence electrons. The molecule has 1 atom stereocenters. The molecule has 1 aliphatic heterocycles. The second-order valence-corrected chi connectivity index (χ2v) is 4.98. The molecule has 1 aliphatic rings. The van der Waals surface area contributed by atoms with Crippen molar-refractivity contribution >= 4 is 24.0 Å². The van der Waals surface area contributed by atoms with Crippen LogP contribution in [0.5, 0.6) is 0 Å². The maximum absolute atomic E-state index is 13.5. The minimum Gasteiger partial charge on any atom is -0.336 e. The molecule has 6 nitrogen and oxygen atoms in total. The smallest absolute Gasteiger partial charge is 0.285 e. The van der Waals surface area contributed by atoms with Gasteiger partial charge in [-0.25, -0.2) is 4.39 Å². The first-order valence-corrected chi connectivity index (χ1v) is 6.37. The Morgan fingerprint density at radius 2 is 2.19 bits per heavy atom. The summed E-state index contributed by atoms with van der Waals surface area (Å²) in [6, 6.07) is 2.12. The van der Waals surface area contributed by atoms with Crippen molar-refractivity contribution in [1.82, 2.24) is 10.2 Å². The lowest BCUT2D eigenvalue weighted by atomic mass is 10.1. The molecule has 1 aromatic rings. The van der Waals surface area contributed by atoms with Crippen molar-refractivity contribution in [3.05, 3.63) is 39.2 Å². The largest absolute Gasteiger partial charge is 0.336 e. The summed E-state index contributed by atoms with van der Waals surface area (Å²) in [5.74, 6) is -1.13. The number of nitrogens with zero attached hydrogens (tertiary/aromatic N) is 2. The number of halogens is 2. The van der Waals surface area contributed by atoms with Crippen molar-refractivity contribution in [3.8, 4) is 0 Å². The number of nitrogens with one attached hydrogen (secondary N) is 1. The molecule has 0 saturated carbocycles. The van der Waals surface area contributed by atoms with E-state index < -0.39 is 16.6 Å². The van der Waals surface area contributed by atoms with Crippen molar-refractivity contribution < 1.29 is 14.1 Å². The number of piperazine rings is 1. The average Bonchev–Trinajstić information content (AvgIpc) is 2.36. The van der Waals surface area contributed by atoms with Crippen LogP contribution in [0.15, 0.2) is 12.1 Å². The molecule has 0 aromatic heterocycles. The van der Waals surface area contributed by atoms with Crippen molar-refractivity contribution in [3.63, 3.8) is 0 Å². The molecule has 1 amide bonds. The number of nitro groups is 1. The zero-order chi connectivity index (χ0) is 14.9. The molecule has 0 spiro atoms. The highest BCUT2D eigenvalue weighted by Crippen LogP contribution is 2.26. The van der Waals surface area contributed by atoms with E-state index in [4.69, 9.17) is 0 Å². The van der Waals surface area contributed by atoms with Crippen LogP contribution in [0.1, 0.15) is 22.8 Å². The molecule has 0 radical (unpaired) electrons. The topological polar surface area (TPSA) is 75.5 Å². The highest BCUT2D eigenvalue weighted by atomic mass is 35.5. The van der Waals surface area contributed by atoms with E-state index in [0.29, 0.717) is 19.6 Å². The summed E-state index contributed by atoms with van der Waals surface area (Å²) in [4.78, 5) is 24.4. The van der Waals surface area contributed by atoms with E-state index in [1.165, 1.54) is 11.8 Å². The Bertz CT molecular complexity index is 568. The van der Waals surface area contributed by atoms with Gasteiger partial charge in [0, 0.05) is 31.2 Å². The molecular formula is C13H17ClFN3O3. The first-order valence-electron chi connectivity index (χ1n) is 6.37. The highest BCUT2D eigenvalue weighted by molar-refractivity contribution is 5.98. The van der Waals surface area contributed by atoms with Crippen LogP contribution in [-0.2, 0) is 0 Å². The van der Waals surface area contributed by atoms with Gasteiger partial charge in [-0.3, -0.25) is 14.9 Å². The SMILES string of the molecule is Cc1cc(F)cc(C(=O)N2CCNC(C)C2)c1[N+](=O)[O-].Cl. The van der Waals surface area contributed by atoms with Gasteiger partial charge in [0.2, 0.25) is 0 Å². The van der Waals surface area contributed by atoms with Gasteiger partial charge in [0.15, 0.2) is 0 Å². The van der Waals surface area contributed by atoms with Crippen LogP contribution in [0.25, 0.3) is 0 Å². The second kappa shape index (κ2) is 6.82. The first kappa shape index (κ1) is 17.3. The third-order valence-electron chi connectivity index (χ3n) is 3.33. The number of hydrogen-bond acceptors (Lipinski definition) is 4. The van der Waals surface area contributed by atoms with Crippen LogP contribution in [0.4, 0.5) is 10.1 Å². The Kier molecular flexibility index (Phi) is 5.62. The molecule has 1 aromatic carbocycles. The number of carbonyl (C=O) groups is 1. The van der Waals surface area contributed by atoms with Crippen LogP contribution in [0, 0.1) is 22.9 Å². The van der Waals surface area contributed by atoms with E-state index in [9.17, 15) is 19.3 Å². The summed E-state index contributed by atoms with van der Waals surface area (Å²) in [6.45, 7) is 4.87. The van der Waals surface area contributed by atoms with Crippen LogP contribution in [0.3, 0.4) is 0 Å². The van der Waals surface area contributed by atoms with Gasteiger partial charge in [0.05, 0.1) is 4.92 Å². The second-order valence-electron chi connectivity index (χ2n) is 4.98. The minimum atomic E-state index is -0.639. The third-order valence-corrected chi connectivity index (χ3v) is 3.33. The summed E-state index contributed by atoms with van der Waals surface area (Å²) in [5.41, 5.74) is -0.342. The zero-order valence-corrected chi connectivity index (χ0v) is 12.6. The van der Waals surface area contributed by atoms with Gasteiger partial charge in [0.1, 0.15) is 11.4 Å².